The first-order valence-corrected chi connectivity index (χ1v) is 11.2. The maximum Gasteiger partial charge on any atom is 0.229 e. The van der Waals surface area contributed by atoms with Gasteiger partial charge in [-0.05, 0) is 60.1 Å². The van der Waals surface area contributed by atoms with Crippen molar-refractivity contribution in [3.05, 3.63) is 35.2 Å². The first-order valence-electron chi connectivity index (χ1n) is 10.4. The monoisotopic (exact) mass is 472 g/mol. The molecule has 0 radical (unpaired) electrons. The summed E-state index contributed by atoms with van der Waals surface area (Å²) in [4.78, 5) is 21.0. The number of primary amides is 1. The second-order valence-electron chi connectivity index (χ2n) is 8.25. The highest BCUT2D eigenvalue weighted by atomic mass is 79.9. The summed E-state index contributed by atoms with van der Waals surface area (Å²) in [6.45, 7) is 2.03. The number of allylic oxidation sites excluding steroid dienone is 1. The molecule has 4 atom stereocenters. The fourth-order valence-corrected chi connectivity index (χ4v) is 5.20. The molecule has 2 aromatic heterocycles. The molecule has 2 aliphatic carbocycles. The molecule has 158 valence electrons. The highest BCUT2D eigenvalue weighted by Crippen LogP contribution is 2.45. The van der Waals surface area contributed by atoms with Gasteiger partial charge >= 0.3 is 0 Å². The number of fused-ring (bicyclic) bond motifs is 2. The Morgan fingerprint density at radius 3 is 2.83 bits per heavy atom. The Morgan fingerprint density at radius 2 is 2.03 bits per heavy atom. The molecule has 5 rings (SSSR count). The van der Waals surface area contributed by atoms with Crippen LogP contribution >= 0.6 is 15.9 Å². The zero-order chi connectivity index (χ0) is 20.7. The first-order chi connectivity index (χ1) is 14.6. The van der Waals surface area contributed by atoms with Crippen LogP contribution in [0.5, 0.6) is 0 Å². The molecule has 2 aromatic rings. The number of hydrogen-bond donors (Lipinski definition) is 4. The van der Waals surface area contributed by atoms with Crippen LogP contribution in [-0.4, -0.2) is 44.8 Å². The lowest BCUT2D eigenvalue weighted by Gasteiger charge is -2.27. The van der Waals surface area contributed by atoms with Crippen molar-refractivity contribution in [3.63, 3.8) is 0 Å². The van der Waals surface area contributed by atoms with E-state index in [9.17, 15) is 4.79 Å². The van der Waals surface area contributed by atoms with Gasteiger partial charge in [-0.2, -0.15) is 10.1 Å². The molecule has 10 heteroatoms. The van der Waals surface area contributed by atoms with Crippen LogP contribution in [0.1, 0.15) is 25.3 Å². The lowest BCUT2D eigenvalue weighted by molar-refractivity contribution is -0.122. The summed E-state index contributed by atoms with van der Waals surface area (Å²) in [6, 6.07) is 0.362. The first kappa shape index (κ1) is 19.5. The molecule has 30 heavy (non-hydrogen) atoms. The average Bonchev–Trinajstić information content (AvgIpc) is 3.47. The Labute approximate surface area is 183 Å². The van der Waals surface area contributed by atoms with Crippen LogP contribution in [0.25, 0.3) is 0 Å². The fourth-order valence-electron chi connectivity index (χ4n) is 4.90. The van der Waals surface area contributed by atoms with Crippen LogP contribution in [0.4, 0.5) is 17.5 Å². The number of nitrogens with two attached hydrogens (primary N) is 1. The van der Waals surface area contributed by atoms with Crippen LogP contribution in [0, 0.1) is 17.8 Å². The highest BCUT2D eigenvalue weighted by Gasteiger charge is 2.47. The predicted molar refractivity (Wildman–Crippen MR) is 117 cm³/mol. The normalized spacial score (nSPS) is 28.0. The summed E-state index contributed by atoms with van der Waals surface area (Å²) >= 11 is 3.52. The molecular weight excluding hydrogens is 448 g/mol. The van der Waals surface area contributed by atoms with Gasteiger partial charge in [0.25, 0.3) is 0 Å². The minimum Gasteiger partial charge on any atom is -0.369 e. The molecule has 1 saturated heterocycles. The molecule has 1 saturated carbocycles. The number of aromatic nitrogens is 4. The van der Waals surface area contributed by atoms with Crippen LogP contribution in [0.2, 0.25) is 0 Å². The molecule has 3 aliphatic rings. The van der Waals surface area contributed by atoms with Crippen LogP contribution in [0.15, 0.2) is 35.2 Å². The zero-order valence-corrected chi connectivity index (χ0v) is 18.0. The van der Waals surface area contributed by atoms with Gasteiger partial charge in [-0.3, -0.25) is 9.48 Å². The van der Waals surface area contributed by atoms with E-state index >= 15 is 0 Å². The quantitative estimate of drug-likeness (QED) is 0.475. The van der Waals surface area contributed by atoms with Gasteiger partial charge in [-0.25, -0.2) is 4.98 Å². The minimum absolute atomic E-state index is 0.0563. The molecule has 0 spiro atoms. The molecule has 2 fully saturated rings. The van der Waals surface area contributed by atoms with Gasteiger partial charge in [0.05, 0.1) is 28.3 Å². The number of nitrogens with zero attached hydrogens (tertiary/aromatic N) is 4. The number of nitrogens with one attached hydrogen (secondary N) is 3. The van der Waals surface area contributed by atoms with E-state index in [-0.39, 0.29) is 29.7 Å². The SMILES string of the molecule is NC(=O)[C@@H]1[C@H](Nc2nc(Nc3cnn(C4CCNCC4)c3)ncc2Br)[C@H]2C=C[C@H]1C2. The molecule has 1 aliphatic heterocycles. The fraction of sp³-hybridized carbons (Fsp3) is 0.500. The lowest BCUT2D eigenvalue weighted by atomic mass is 9.88. The van der Waals surface area contributed by atoms with E-state index in [2.05, 4.69) is 59.1 Å². The summed E-state index contributed by atoms with van der Waals surface area (Å²) in [5, 5.41) is 14.5. The molecular formula is C20H25BrN8O. The Kier molecular flexibility index (Phi) is 5.20. The van der Waals surface area contributed by atoms with Crippen molar-refractivity contribution in [1.82, 2.24) is 25.1 Å². The number of rotatable bonds is 6. The maximum atomic E-state index is 12.0. The van der Waals surface area contributed by atoms with E-state index in [0.29, 0.717) is 17.8 Å². The molecule has 0 unspecified atom stereocenters. The van der Waals surface area contributed by atoms with Crippen molar-refractivity contribution in [2.75, 3.05) is 23.7 Å². The Morgan fingerprint density at radius 1 is 1.23 bits per heavy atom. The Hall–Kier alpha value is -2.46. The van der Waals surface area contributed by atoms with Gasteiger partial charge in [-0.1, -0.05) is 12.2 Å². The number of carbonyl (C=O) groups excluding carboxylic acids is 1. The molecule has 2 bridgehead atoms. The number of anilines is 3. The van der Waals surface area contributed by atoms with E-state index in [1.807, 2.05) is 10.9 Å². The standard InChI is InChI=1S/C20H25BrN8O/c21-15-9-24-20(26-13-8-25-29(10-13)14-3-5-23-6-4-14)28-19(15)27-17-12-2-1-11(7-12)16(17)18(22)30/h1-2,8-12,14,16-17,23H,3-7H2,(H2,22,30)(H2,24,26,27,28)/t11-,12-,16-,17+/m0/s1. The molecule has 0 aromatic carbocycles. The maximum absolute atomic E-state index is 12.0. The number of hydrogen-bond acceptors (Lipinski definition) is 7. The number of amides is 1. The van der Waals surface area contributed by atoms with Gasteiger partial charge in [0.1, 0.15) is 5.82 Å². The highest BCUT2D eigenvalue weighted by molar-refractivity contribution is 9.10. The van der Waals surface area contributed by atoms with Crippen molar-refractivity contribution < 1.29 is 4.79 Å². The molecule has 5 N–H and O–H groups in total. The zero-order valence-electron chi connectivity index (χ0n) is 16.5. The number of halogens is 1. The van der Waals surface area contributed by atoms with E-state index in [1.54, 1.807) is 12.4 Å². The smallest absolute Gasteiger partial charge is 0.229 e. The summed E-state index contributed by atoms with van der Waals surface area (Å²) in [5.74, 6) is 1.13. The Bertz CT molecular complexity index is 969. The van der Waals surface area contributed by atoms with Gasteiger partial charge in [0.15, 0.2) is 0 Å². The molecule has 1 amide bonds. The van der Waals surface area contributed by atoms with E-state index in [1.165, 1.54) is 0 Å². The van der Waals surface area contributed by atoms with E-state index < -0.39 is 0 Å². The number of piperidine rings is 1. The van der Waals surface area contributed by atoms with Crippen LogP contribution in [0.3, 0.4) is 0 Å². The molecule has 9 nitrogen and oxygen atoms in total. The topological polar surface area (TPSA) is 123 Å². The largest absolute Gasteiger partial charge is 0.369 e. The third-order valence-electron chi connectivity index (χ3n) is 6.38. The second-order valence-corrected chi connectivity index (χ2v) is 9.11. The summed E-state index contributed by atoms with van der Waals surface area (Å²) in [5.41, 5.74) is 6.53. The summed E-state index contributed by atoms with van der Waals surface area (Å²) in [6.07, 6.45) is 12.9. The molecule has 3 heterocycles. The van der Waals surface area contributed by atoms with Gasteiger partial charge in [0.2, 0.25) is 11.9 Å². The minimum atomic E-state index is -0.266. The Balaban J connectivity index is 1.31. The summed E-state index contributed by atoms with van der Waals surface area (Å²) < 4.78 is 2.76. The summed E-state index contributed by atoms with van der Waals surface area (Å²) in [7, 11) is 0. The predicted octanol–water partition coefficient (Wildman–Crippen LogP) is 2.19. The van der Waals surface area contributed by atoms with Crippen molar-refractivity contribution in [2.45, 2.75) is 31.3 Å². The van der Waals surface area contributed by atoms with Crippen LogP contribution < -0.4 is 21.7 Å². The van der Waals surface area contributed by atoms with Crippen molar-refractivity contribution in [1.29, 1.82) is 0 Å². The second kappa shape index (κ2) is 7.99. The van der Waals surface area contributed by atoms with Crippen molar-refractivity contribution >= 4 is 39.3 Å². The average molecular weight is 473 g/mol. The van der Waals surface area contributed by atoms with E-state index in [0.717, 1.165) is 42.5 Å². The van der Waals surface area contributed by atoms with Crippen molar-refractivity contribution in [3.8, 4) is 0 Å². The van der Waals surface area contributed by atoms with Crippen molar-refractivity contribution in [2.24, 2.45) is 23.5 Å². The van der Waals surface area contributed by atoms with Crippen LogP contribution in [-0.2, 0) is 4.79 Å². The van der Waals surface area contributed by atoms with Gasteiger partial charge in [-0.15, -0.1) is 0 Å². The third-order valence-corrected chi connectivity index (χ3v) is 6.96. The van der Waals surface area contributed by atoms with Gasteiger partial charge in [0, 0.05) is 18.4 Å². The van der Waals surface area contributed by atoms with E-state index in [4.69, 9.17) is 5.73 Å². The van der Waals surface area contributed by atoms with Gasteiger partial charge < -0.3 is 21.7 Å². The number of carbonyl (C=O) groups is 1. The lowest BCUT2D eigenvalue weighted by Crippen LogP contribution is -2.41. The third kappa shape index (κ3) is 3.69.